The fourth-order valence-electron chi connectivity index (χ4n) is 8.87. The van der Waals surface area contributed by atoms with E-state index in [1.165, 1.54) is 16.2 Å². The van der Waals surface area contributed by atoms with Crippen molar-refractivity contribution in [3.8, 4) is 40.3 Å². The van der Waals surface area contributed by atoms with Gasteiger partial charge in [-0.1, -0.05) is 121 Å². The monoisotopic (exact) mass is 699 g/mol. The van der Waals surface area contributed by atoms with Crippen LogP contribution < -0.4 is 0 Å². The van der Waals surface area contributed by atoms with Gasteiger partial charge in [0.25, 0.3) is 0 Å². The Kier molecular flexibility index (Phi) is 6.61. The third-order valence-corrected chi connectivity index (χ3v) is 11.1. The molecule has 3 aromatic heterocycles. The number of para-hydroxylation sites is 7. The summed E-state index contributed by atoms with van der Waals surface area (Å²) in [5, 5.41) is 27.7. The third-order valence-electron chi connectivity index (χ3n) is 11.1. The molecule has 0 saturated carbocycles. The van der Waals surface area contributed by atoms with Gasteiger partial charge >= 0.3 is 0 Å². The van der Waals surface area contributed by atoms with Crippen LogP contribution in [0.5, 0.6) is 0 Å². The molecule has 0 aliphatic rings. The van der Waals surface area contributed by atoms with E-state index < -0.39 is 0 Å². The molecule has 0 unspecified atom stereocenters. The first kappa shape index (κ1) is 30.7. The van der Waals surface area contributed by atoms with Crippen molar-refractivity contribution < 1.29 is 0 Å². The maximum atomic E-state index is 10.8. The zero-order valence-corrected chi connectivity index (χ0v) is 29.5. The average Bonchev–Trinajstić information content (AvgIpc) is 3.89. The third kappa shape index (κ3) is 4.33. The lowest BCUT2D eigenvalue weighted by atomic mass is 10.00. The van der Waals surface area contributed by atoms with Gasteiger partial charge in [-0.2, -0.15) is 10.5 Å². The first-order valence-electron chi connectivity index (χ1n) is 18.3. The Balaban J connectivity index is 1.18. The van der Waals surface area contributed by atoms with E-state index in [0.717, 1.165) is 77.4 Å². The van der Waals surface area contributed by atoms with E-state index >= 15 is 0 Å². The summed E-state index contributed by atoms with van der Waals surface area (Å²) in [4.78, 5) is 0. The molecular weight excluding hydrogens is 671 g/mol. The molecule has 254 valence electrons. The van der Waals surface area contributed by atoms with Gasteiger partial charge in [-0.25, -0.2) is 0 Å². The molecule has 0 N–H and O–H groups in total. The zero-order chi connectivity index (χ0) is 36.6. The number of rotatable bonds is 4. The standard InChI is InChI=1S/C50H29N5/c51-30-33-13-11-19-40-38-17-4-9-24-46(38)54(49(33)40)42-28-27-32(29-34(42)31-52)35-14-1-6-21-43(35)55-47-25-10-5-18-39(47)41-20-12-26-48(50(41)55)53-44-22-7-2-15-36(44)37-16-3-8-23-45(37)53/h1-29H. The van der Waals surface area contributed by atoms with Crippen molar-refractivity contribution in [1.29, 1.82) is 10.5 Å². The Hall–Kier alpha value is -7.86. The highest BCUT2D eigenvalue weighted by molar-refractivity contribution is 6.15. The van der Waals surface area contributed by atoms with Crippen LogP contribution in [0.15, 0.2) is 176 Å². The minimum atomic E-state index is 0.524. The lowest BCUT2D eigenvalue weighted by molar-refractivity contribution is 1.13. The Morgan fingerprint density at radius 3 is 1.40 bits per heavy atom. The lowest BCUT2D eigenvalue weighted by Crippen LogP contribution is -2.03. The minimum Gasteiger partial charge on any atom is -0.307 e. The number of benzene rings is 8. The van der Waals surface area contributed by atoms with Gasteiger partial charge in [-0.3, -0.25) is 0 Å². The maximum absolute atomic E-state index is 10.8. The number of nitrogens with zero attached hydrogens (tertiary/aromatic N) is 5. The molecule has 0 bridgehead atoms. The van der Waals surface area contributed by atoms with E-state index in [2.05, 4.69) is 159 Å². The van der Waals surface area contributed by atoms with Gasteiger partial charge in [0.05, 0.1) is 61.3 Å². The quantitative estimate of drug-likeness (QED) is 0.184. The maximum Gasteiger partial charge on any atom is 0.101 e. The smallest absolute Gasteiger partial charge is 0.101 e. The van der Waals surface area contributed by atoms with Crippen molar-refractivity contribution in [2.45, 2.75) is 0 Å². The van der Waals surface area contributed by atoms with Crippen LogP contribution >= 0.6 is 0 Å². The van der Waals surface area contributed by atoms with Gasteiger partial charge in [0, 0.05) is 37.9 Å². The summed E-state index contributed by atoms with van der Waals surface area (Å²) in [6.07, 6.45) is 0. The lowest BCUT2D eigenvalue weighted by Gasteiger charge is -2.18. The zero-order valence-electron chi connectivity index (χ0n) is 29.5. The van der Waals surface area contributed by atoms with E-state index in [4.69, 9.17) is 0 Å². The summed E-state index contributed by atoms with van der Waals surface area (Å²) >= 11 is 0. The van der Waals surface area contributed by atoms with Crippen LogP contribution in [0, 0.1) is 22.7 Å². The molecule has 0 saturated heterocycles. The Labute approximate surface area is 316 Å². The molecule has 5 heteroatoms. The largest absolute Gasteiger partial charge is 0.307 e. The predicted octanol–water partition coefficient (Wildman–Crippen LogP) is 12.4. The molecule has 5 nitrogen and oxygen atoms in total. The van der Waals surface area contributed by atoms with E-state index in [1.807, 2.05) is 42.5 Å². The Bertz CT molecular complexity index is 3420. The van der Waals surface area contributed by atoms with E-state index in [0.29, 0.717) is 11.1 Å². The molecule has 0 spiro atoms. The van der Waals surface area contributed by atoms with Gasteiger partial charge in [0.15, 0.2) is 0 Å². The molecule has 0 atom stereocenters. The first-order valence-corrected chi connectivity index (χ1v) is 18.3. The highest BCUT2D eigenvalue weighted by Crippen LogP contribution is 2.42. The molecule has 11 rings (SSSR count). The normalized spacial score (nSPS) is 11.6. The van der Waals surface area contributed by atoms with Gasteiger partial charge in [0.2, 0.25) is 0 Å². The van der Waals surface area contributed by atoms with Crippen molar-refractivity contribution in [2.24, 2.45) is 0 Å². The summed E-state index contributed by atoms with van der Waals surface area (Å²) in [5.41, 5.74) is 12.1. The van der Waals surface area contributed by atoms with Crippen molar-refractivity contribution in [3.05, 3.63) is 187 Å². The van der Waals surface area contributed by atoms with E-state index in [-0.39, 0.29) is 0 Å². The first-order chi connectivity index (χ1) is 27.2. The van der Waals surface area contributed by atoms with Gasteiger partial charge in [0.1, 0.15) is 12.1 Å². The highest BCUT2D eigenvalue weighted by atomic mass is 15.1. The average molecular weight is 700 g/mol. The second-order valence-corrected chi connectivity index (χ2v) is 13.9. The molecule has 0 amide bonds. The van der Waals surface area contributed by atoms with E-state index in [1.54, 1.807) is 0 Å². The van der Waals surface area contributed by atoms with Crippen molar-refractivity contribution in [1.82, 2.24) is 13.7 Å². The molecule has 55 heavy (non-hydrogen) atoms. The molecule has 0 aliphatic heterocycles. The van der Waals surface area contributed by atoms with Gasteiger partial charge < -0.3 is 13.7 Å². The van der Waals surface area contributed by atoms with Crippen molar-refractivity contribution in [2.75, 3.05) is 0 Å². The molecule has 0 radical (unpaired) electrons. The summed E-state index contributed by atoms with van der Waals surface area (Å²) in [5.74, 6) is 0. The molecule has 8 aromatic carbocycles. The Morgan fingerprint density at radius 1 is 0.327 bits per heavy atom. The SMILES string of the molecule is N#Cc1cc(-c2ccccc2-n2c3ccccc3c3cccc(-n4c5ccccc5c5ccccc54)c32)ccc1-n1c2ccccc2c2cccc(C#N)c21. The van der Waals surface area contributed by atoms with Crippen molar-refractivity contribution >= 4 is 65.4 Å². The number of fused-ring (bicyclic) bond motifs is 9. The highest BCUT2D eigenvalue weighted by Gasteiger charge is 2.22. The molecule has 0 aliphatic carbocycles. The fourth-order valence-corrected chi connectivity index (χ4v) is 8.87. The minimum absolute atomic E-state index is 0.524. The second kappa shape index (κ2) is 11.8. The van der Waals surface area contributed by atoms with Crippen LogP contribution in [-0.4, -0.2) is 13.7 Å². The molecule has 0 fully saturated rings. The fraction of sp³-hybridized carbons (Fsp3) is 0. The van der Waals surface area contributed by atoms with Crippen LogP contribution in [-0.2, 0) is 0 Å². The van der Waals surface area contributed by atoms with Crippen LogP contribution in [0.25, 0.3) is 93.6 Å². The van der Waals surface area contributed by atoms with Crippen LogP contribution in [0.2, 0.25) is 0 Å². The molecule has 3 heterocycles. The summed E-state index contributed by atoms with van der Waals surface area (Å²) in [7, 11) is 0. The predicted molar refractivity (Wildman–Crippen MR) is 224 cm³/mol. The van der Waals surface area contributed by atoms with Crippen LogP contribution in [0.3, 0.4) is 0 Å². The van der Waals surface area contributed by atoms with Crippen LogP contribution in [0.4, 0.5) is 0 Å². The van der Waals surface area contributed by atoms with E-state index in [9.17, 15) is 10.5 Å². The summed E-state index contributed by atoms with van der Waals surface area (Å²) < 4.78 is 6.86. The number of aromatic nitrogens is 3. The number of hydrogen-bond donors (Lipinski definition) is 0. The Morgan fingerprint density at radius 2 is 0.782 bits per heavy atom. The van der Waals surface area contributed by atoms with Crippen LogP contribution in [0.1, 0.15) is 11.1 Å². The summed E-state index contributed by atoms with van der Waals surface area (Å²) in [6.45, 7) is 0. The number of nitriles is 2. The number of hydrogen-bond acceptors (Lipinski definition) is 2. The van der Waals surface area contributed by atoms with Crippen molar-refractivity contribution in [3.63, 3.8) is 0 Å². The second-order valence-electron chi connectivity index (χ2n) is 13.9. The van der Waals surface area contributed by atoms with Gasteiger partial charge in [-0.05, 0) is 60.2 Å². The van der Waals surface area contributed by atoms with Gasteiger partial charge in [-0.15, -0.1) is 0 Å². The summed E-state index contributed by atoms with van der Waals surface area (Å²) in [6, 6.07) is 65.9. The molecular formula is C50H29N5. The topological polar surface area (TPSA) is 62.4 Å². The molecule has 11 aromatic rings.